The highest BCUT2D eigenvalue weighted by molar-refractivity contribution is 6.32. The largest absolute Gasteiger partial charge is 0.347 e. The van der Waals surface area contributed by atoms with E-state index < -0.39 is 0 Å². The van der Waals surface area contributed by atoms with Gasteiger partial charge in [0, 0.05) is 12.4 Å². The van der Waals surface area contributed by atoms with Crippen molar-refractivity contribution in [2.45, 2.75) is 6.92 Å². The molecule has 0 aromatic carbocycles. The summed E-state index contributed by atoms with van der Waals surface area (Å²) in [6.07, 6.45) is 8.86. The topological polar surface area (TPSA) is 81.2 Å². The van der Waals surface area contributed by atoms with E-state index in [1.54, 1.807) is 5.01 Å². The van der Waals surface area contributed by atoms with E-state index in [9.17, 15) is 0 Å². The maximum atomic E-state index is 6.32. The molecule has 0 spiro atoms. The Bertz CT molecular complexity index is 874. The summed E-state index contributed by atoms with van der Waals surface area (Å²) in [6.45, 7) is 1.88. The van der Waals surface area contributed by atoms with Crippen molar-refractivity contribution in [3.8, 4) is 0 Å². The first-order valence-electron chi connectivity index (χ1n) is 6.66. The van der Waals surface area contributed by atoms with Crippen LogP contribution >= 0.6 is 11.6 Å². The van der Waals surface area contributed by atoms with E-state index in [2.05, 4.69) is 30.7 Å². The zero-order chi connectivity index (χ0) is 15.1. The van der Waals surface area contributed by atoms with Gasteiger partial charge in [0.1, 0.15) is 23.6 Å². The number of allylic oxidation sites excluding steroid dienone is 2. The lowest BCUT2D eigenvalue weighted by Gasteiger charge is -2.27. The van der Waals surface area contributed by atoms with E-state index in [1.807, 2.05) is 37.7 Å². The van der Waals surface area contributed by atoms with Crippen molar-refractivity contribution >= 4 is 34.3 Å². The molecule has 4 heterocycles. The minimum absolute atomic E-state index is 0.591. The quantitative estimate of drug-likeness (QED) is 0.793. The van der Waals surface area contributed by atoms with Crippen LogP contribution in [0.3, 0.4) is 0 Å². The summed E-state index contributed by atoms with van der Waals surface area (Å²) in [6, 6.07) is 1.92. The Morgan fingerprint density at radius 3 is 3.14 bits per heavy atom. The second-order valence-corrected chi connectivity index (χ2v) is 5.28. The molecule has 0 saturated carbocycles. The Hall–Kier alpha value is -2.80. The summed E-state index contributed by atoms with van der Waals surface area (Å²) in [5.74, 6) is 1.50. The standard InChI is InChI=1S/C14H12ClN7/c1-8-17-5-12-11(15)4-9(6-22(12)21-8)20-14-10-2-3-16-13(10)18-7-19-14/h2-7H,1H3,(H,17,21)(H2,16,18,19,20). The summed E-state index contributed by atoms with van der Waals surface area (Å²) < 4.78 is 0. The van der Waals surface area contributed by atoms with Gasteiger partial charge in [0.2, 0.25) is 0 Å². The van der Waals surface area contributed by atoms with Crippen LogP contribution in [0.25, 0.3) is 11.0 Å². The number of amidine groups is 1. The van der Waals surface area contributed by atoms with Gasteiger partial charge in [-0.2, -0.15) is 5.10 Å². The summed E-state index contributed by atoms with van der Waals surface area (Å²) in [4.78, 5) is 11.5. The molecule has 2 aliphatic heterocycles. The van der Waals surface area contributed by atoms with E-state index in [0.29, 0.717) is 10.9 Å². The second kappa shape index (κ2) is 4.88. The molecule has 0 saturated heterocycles. The number of anilines is 1. The molecule has 0 unspecified atom stereocenters. The SMILES string of the molecule is CC1=NN2C=C(Nc3ncnc4[nH]ccc34)C=C(Cl)C2=CN1. The highest BCUT2D eigenvalue weighted by atomic mass is 35.5. The van der Waals surface area contributed by atoms with Crippen LogP contribution in [0.5, 0.6) is 0 Å². The smallest absolute Gasteiger partial charge is 0.143 e. The lowest BCUT2D eigenvalue weighted by atomic mass is 10.2. The minimum atomic E-state index is 0.591. The molecule has 2 aromatic rings. The number of nitrogens with zero attached hydrogens (tertiary/aromatic N) is 4. The number of hydrazone groups is 1. The van der Waals surface area contributed by atoms with Crippen LogP contribution < -0.4 is 10.6 Å². The number of aromatic amines is 1. The van der Waals surface area contributed by atoms with Crippen LogP contribution in [-0.2, 0) is 0 Å². The van der Waals surface area contributed by atoms with Crippen LogP contribution in [0, 0.1) is 0 Å². The van der Waals surface area contributed by atoms with Crippen molar-refractivity contribution < 1.29 is 0 Å². The van der Waals surface area contributed by atoms with Gasteiger partial charge in [-0.1, -0.05) is 11.6 Å². The van der Waals surface area contributed by atoms with Crippen molar-refractivity contribution in [2.75, 3.05) is 5.32 Å². The maximum absolute atomic E-state index is 6.32. The molecule has 8 heteroatoms. The molecule has 22 heavy (non-hydrogen) atoms. The number of aromatic nitrogens is 3. The Labute approximate surface area is 131 Å². The Morgan fingerprint density at radius 1 is 1.32 bits per heavy atom. The van der Waals surface area contributed by atoms with Gasteiger partial charge in [-0.05, 0) is 19.1 Å². The summed E-state index contributed by atoms with van der Waals surface area (Å²) in [5.41, 5.74) is 2.37. The van der Waals surface area contributed by atoms with Gasteiger partial charge in [0.25, 0.3) is 0 Å². The molecule has 4 rings (SSSR count). The lowest BCUT2D eigenvalue weighted by Crippen LogP contribution is -2.29. The first-order valence-corrected chi connectivity index (χ1v) is 7.04. The molecule has 0 amide bonds. The number of H-pyrrole nitrogens is 1. The normalized spacial score (nSPS) is 17.1. The third-order valence-corrected chi connectivity index (χ3v) is 3.63. The number of hydrogen-bond acceptors (Lipinski definition) is 6. The molecule has 0 bridgehead atoms. The highest BCUT2D eigenvalue weighted by Crippen LogP contribution is 2.29. The predicted molar refractivity (Wildman–Crippen MR) is 85.7 cm³/mol. The summed E-state index contributed by atoms with van der Waals surface area (Å²) >= 11 is 6.32. The van der Waals surface area contributed by atoms with E-state index in [0.717, 1.165) is 28.3 Å². The van der Waals surface area contributed by atoms with Crippen molar-refractivity contribution in [3.05, 3.63) is 53.5 Å². The maximum Gasteiger partial charge on any atom is 0.143 e. The van der Waals surface area contributed by atoms with E-state index in [4.69, 9.17) is 11.6 Å². The van der Waals surface area contributed by atoms with Gasteiger partial charge < -0.3 is 15.6 Å². The molecule has 3 N–H and O–H groups in total. The molecule has 0 fully saturated rings. The Morgan fingerprint density at radius 2 is 2.23 bits per heavy atom. The zero-order valence-corrected chi connectivity index (χ0v) is 12.4. The molecular weight excluding hydrogens is 302 g/mol. The average Bonchev–Trinajstić information content (AvgIpc) is 2.96. The van der Waals surface area contributed by atoms with E-state index >= 15 is 0 Å². The first-order chi connectivity index (χ1) is 10.7. The van der Waals surface area contributed by atoms with Gasteiger partial charge >= 0.3 is 0 Å². The number of halogens is 1. The fourth-order valence-electron chi connectivity index (χ4n) is 2.32. The van der Waals surface area contributed by atoms with Crippen LogP contribution in [0.1, 0.15) is 6.92 Å². The van der Waals surface area contributed by atoms with Crippen molar-refractivity contribution in [3.63, 3.8) is 0 Å². The third-order valence-electron chi connectivity index (χ3n) is 3.33. The second-order valence-electron chi connectivity index (χ2n) is 4.87. The van der Waals surface area contributed by atoms with Gasteiger partial charge in [-0.3, -0.25) is 0 Å². The number of hydrogen-bond donors (Lipinski definition) is 3. The van der Waals surface area contributed by atoms with Crippen LogP contribution in [0.4, 0.5) is 5.82 Å². The molecule has 2 aromatic heterocycles. The fourth-order valence-corrected chi connectivity index (χ4v) is 2.58. The Kier molecular flexibility index (Phi) is 2.87. The molecule has 2 aliphatic rings. The molecule has 0 aliphatic carbocycles. The summed E-state index contributed by atoms with van der Waals surface area (Å²) in [7, 11) is 0. The zero-order valence-electron chi connectivity index (χ0n) is 11.6. The van der Waals surface area contributed by atoms with E-state index in [-0.39, 0.29) is 0 Å². The lowest BCUT2D eigenvalue weighted by molar-refractivity contribution is 0.488. The third kappa shape index (κ3) is 2.11. The predicted octanol–water partition coefficient (Wildman–Crippen LogP) is 2.43. The average molecular weight is 314 g/mol. The number of fused-ring (bicyclic) bond motifs is 2. The molecule has 0 atom stereocenters. The van der Waals surface area contributed by atoms with Crippen molar-refractivity contribution in [1.82, 2.24) is 25.3 Å². The van der Waals surface area contributed by atoms with Crippen LogP contribution in [-0.4, -0.2) is 25.8 Å². The van der Waals surface area contributed by atoms with Crippen LogP contribution in [0.15, 0.2) is 58.6 Å². The minimum Gasteiger partial charge on any atom is -0.347 e. The molecule has 0 radical (unpaired) electrons. The van der Waals surface area contributed by atoms with Gasteiger partial charge in [-0.15, -0.1) is 0 Å². The van der Waals surface area contributed by atoms with Gasteiger partial charge in [0.05, 0.1) is 28.0 Å². The summed E-state index contributed by atoms with van der Waals surface area (Å²) in [5, 5.41) is 13.9. The van der Waals surface area contributed by atoms with Crippen molar-refractivity contribution in [1.29, 1.82) is 0 Å². The van der Waals surface area contributed by atoms with Gasteiger partial charge in [-0.25, -0.2) is 15.0 Å². The molecular formula is C14H12ClN7. The number of rotatable bonds is 2. The highest BCUT2D eigenvalue weighted by Gasteiger charge is 2.20. The van der Waals surface area contributed by atoms with Crippen molar-refractivity contribution in [2.24, 2.45) is 5.10 Å². The molecule has 110 valence electrons. The fraction of sp³-hybridized carbons (Fsp3) is 0.0714. The Balaban J connectivity index is 1.70. The van der Waals surface area contributed by atoms with E-state index in [1.165, 1.54) is 6.33 Å². The number of nitrogens with one attached hydrogen (secondary N) is 3. The molecule has 7 nitrogen and oxygen atoms in total. The van der Waals surface area contributed by atoms with Crippen LogP contribution in [0.2, 0.25) is 0 Å². The monoisotopic (exact) mass is 313 g/mol. The van der Waals surface area contributed by atoms with Gasteiger partial charge in [0.15, 0.2) is 0 Å². The first kappa shape index (κ1) is 12.9.